The molecule has 0 aliphatic carbocycles. The van der Waals surface area contributed by atoms with E-state index in [0.29, 0.717) is 6.42 Å². The van der Waals surface area contributed by atoms with Gasteiger partial charge in [-0.1, -0.05) is 234 Å². The van der Waals surface area contributed by atoms with Crippen LogP contribution in [-0.4, -0.2) is 49.3 Å². The highest BCUT2D eigenvalue weighted by molar-refractivity contribution is 7.47. The molecule has 0 rings (SSSR count). The van der Waals surface area contributed by atoms with Crippen LogP contribution in [-0.2, 0) is 32.7 Å². The standard InChI is InChI=1S/C59H106NO8P/c1-3-5-7-9-11-13-15-17-19-21-23-25-27-28-30-32-34-36-38-40-42-44-46-48-50-52-59(62)68-57(56-67-69(63,64)66-54-53-60)55-65-58(61)51-49-47-45-43-41-39-37-35-33-31-29-26-24-22-20-18-16-14-12-10-8-6-4-2/h5,7,11,13,17,19,22-25,28,30,57H,3-4,6,8-10,12,14-16,18,20-21,26-27,29,31-56,60H2,1-2H3,(H,63,64)/b7-5-,13-11-,19-17-,24-22-,25-23-,30-28-. The summed E-state index contributed by atoms with van der Waals surface area (Å²) in [5.41, 5.74) is 5.38. The molecule has 0 fully saturated rings. The first kappa shape index (κ1) is 66.5. The maximum atomic E-state index is 12.7. The summed E-state index contributed by atoms with van der Waals surface area (Å²) in [7, 11) is -4.39. The predicted molar refractivity (Wildman–Crippen MR) is 293 cm³/mol. The minimum absolute atomic E-state index is 0.0499. The molecule has 10 heteroatoms. The van der Waals surface area contributed by atoms with E-state index in [9.17, 15) is 19.0 Å². The number of hydrogen-bond donors (Lipinski definition) is 2. The van der Waals surface area contributed by atoms with Crippen molar-refractivity contribution in [1.82, 2.24) is 0 Å². The molecule has 0 radical (unpaired) electrons. The molecule has 0 saturated heterocycles. The maximum Gasteiger partial charge on any atom is 0.472 e. The van der Waals surface area contributed by atoms with Gasteiger partial charge in [0.2, 0.25) is 0 Å². The van der Waals surface area contributed by atoms with E-state index in [0.717, 1.165) is 77.0 Å². The van der Waals surface area contributed by atoms with Crippen molar-refractivity contribution in [3.05, 3.63) is 72.9 Å². The number of carbonyl (C=O) groups excluding carboxylic acids is 2. The Bertz CT molecular complexity index is 1360. The van der Waals surface area contributed by atoms with E-state index in [1.807, 2.05) is 0 Å². The van der Waals surface area contributed by atoms with Crippen LogP contribution >= 0.6 is 7.82 Å². The van der Waals surface area contributed by atoms with Crippen LogP contribution in [0.15, 0.2) is 72.9 Å². The Balaban J connectivity index is 4.01. The molecule has 0 spiro atoms. The molecule has 0 aliphatic heterocycles. The molecule has 69 heavy (non-hydrogen) atoms. The Morgan fingerprint density at radius 2 is 0.797 bits per heavy atom. The first-order valence-corrected chi connectivity index (χ1v) is 29.9. The van der Waals surface area contributed by atoms with E-state index >= 15 is 0 Å². The number of ether oxygens (including phenoxy) is 2. The summed E-state index contributed by atoms with van der Waals surface area (Å²) in [6.45, 7) is 3.64. The zero-order chi connectivity index (χ0) is 50.2. The second-order valence-corrected chi connectivity index (χ2v) is 20.2. The van der Waals surface area contributed by atoms with Crippen molar-refractivity contribution in [2.24, 2.45) is 5.73 Å². The number of carbonyl (C=O) groups is 2. The number of hydrogen-bond acceptors (Lipinski definition) is 8. The number of esters is 2. The summed E-state index contributed by atoms with van der Waals surface area (Å²) < 4.78 is 33.0. The van der Waals surface area contributed by atoms with Gasteiger partial charge in [-0.3, -0.25) is 18.6 Å². The largest absolute Gasteiger partial charge is 0.472 e. The topological polar surface area (TPSA) is 134 Å². The van der Waals surface area contributed by atoms with Gasteiger partial charge in [0.05, 0.1) is 13.2 Å². The summed E-state index contributed by atoms with van der Waals surface area (Å²) in [6.07, 6.45) is 69.5. The van der Waals surface area contributed by atoms with Crippen LogP contribution < -0.4 is 5.73 Å². The van der Waals surface area contributed by atoms with Crippen molar-refractivity contribution in [3.63, 3.8) is 0 Å². The second-order valence-electron chi connectivity index (χ2n) is 18.8. The molecule has 2 unspecified atom stereocenters. The summed E-state index contributed by atoms with van der Waals surface area (Å²) in [5.74, 6) is -0.832. The number of allylic oxidation sites excluding steroid dienone is 12. The normalized spacial score (nSPS) is 13.6. The summed E-state index contributed by atoms with van der Waals surface area (Å²) in [6, 6.07) is 0. The number of rotatable bonds is 53. The molecular weight excluding hydrogens is 882 g/mol. The van der Waals surface area contributed by atoms with Gasteiger partial charge < -0.3 is 20.1 Å². The van der Waals surface area contributed by atoms with Gasteiger partial charge in [0.25, 0.3) is 0 Å². The van der Waals surface area contributed by atoms with E-state index in [2.05, 4.69) is 86.8 Å². The third-order valence-corrected chi connectivity index (χ3v) is 13.1. The van der Waals surface area contributed by atoms with Crippen molar-refractivity contribution in [2.45, 2.75) is 264 Å². The SMILES string of the molecule is CC/C=C\C/C=C\C/C=C\C/C=C\C/C=C\CCCCCCCCCCCC(=O)OC(COC(=O)CCCCCCCCCCCCC/C=C\CCCCCCCCCC)COP(=O)(O)OCCN. The van der Waals surface area contributed by atoms with E-state index in [1.165, 1.54) is 148 Å². The minimum Gasteiger partial charge on any atom is -0.462 e. The van der Waals surface area contributed by atoms with E-state index in [4.69, 9.17) is 24.3 Å². The third-order valence-electron chi connectivity index (χ3n) is 12.1. The third kappa shape index (κ3) is 54.6. The fourth-order valence-electron chi connectivity index (χ4n) is 7.89. The maximum absolute atomic E-state index is 12.7. The van der Waals surface area contributed by atoms with Gasteiger partial charge in [-0.15, -0.1) is 0 Å². The first-order valence-electron chi connectivity index (χ1n) is 28.4. The van der Waals surface area contributed by atoms with Crippen LogP contribution in [0.2, 0.25) is 0 Å². The lowest BCUT2D eigenvalue weighted by molar-refractivity contribution is -0.161. The Kier molecular flexibility index (Phi) is 52.8. The van der Waals surface area contributed by atoms with Gasteiger partial charge in [-0.25, -0.2) is 4.57 Å². The number of unbranched alkanes of at least 4 members (excludes halogenated alkanes) is 28. The van der Waals surface area contributed by atoms with Crippen molar-refractivity contribution in [1.29, 1.82) is 0 Å². The molecule has 0 aromatic heterocycles. The Morgan fingerprint density at radius 3 is 1.20 bits per heavy atom. The van der Waals surface area contributed by atoms with Gasteiger partial charge in [0, 0.05) is 19.4 Å². The fourth-order valence-corrected chi connectivity index (χ4v) is 8.66. The van der Waals surface area contributed by atoms with Crippen molar-refractivity contribution in [3.8, 4) is 0 Å². The van der Waals surface area contributed by atoms with E-state index < -0.39 is 26.5 Å². The predicted octanol–water partition coefficient (Wildman–Crippen LogP) is 17.7. The molecule has 0 aromatic rings. The zero-order valence-corrected chi connectivity index (χ0v) is 45.4. The van der Waals surface area contributed by atoms with Crippen LogP contribution in [0.3, 0.4) is 0 Å². The highest BCUT2D eigenvalue weighted by Gasteiger charge is 2.26. The second kappa shape index (κ2) is 54.8. The van der Waals surface area contributed by atoms with Gasteiger partial charge in [-0.05, 0) is 83.5 Å². The quantitative estimate of drug-likeness (QED) is 0.0264. The van der Waals surface area contributed by atoms with E-state index in [-0.39, 0.29) is 38.6 Å². The van der Waals surface area contributed by atoms with Gasteiger partial charge in [-0.2, -0.15) is 0 Å². The lowest BCUT2D eigenvalue weighted by Crippen LogP contribution is -2.29. The molecular formula is C59H106NO8P. The lowest BCUT2D eigenvalue weighted by Gasteiger charge is -2.19. The van der Waals surface area contributed by atoms with Crippen molar-refractivity contribution in [2.75, 3.05) is 26.4 Å². The number of phosphoric acid groups is 1. The first-order chi connectivity index (χ1) is 33.8. The molecule has 400 valence electrons. The molecule has 0 bridgehead atoms. The number of nitrogens with two attached hydrogens (primary N) is 1. The van der Waals surface area contributed by atoms with E-state index in [1.54, 1.807) is 0 Å². The van der Waals surface area contributed by atoms with Gasteiger partial charge in [0.1, 0.15) is 6.61 Å². The average molecular weight is 988 g/mol. The molecule has 2 atom stereocenters. The highest BCUT2D eigenvalue weighted by Crippen LogP contribution is 2.43. The highest BCUT2D eigenvalue weighted by atomic mass is 31.2. The van der Waals surface area contributed by atoms with Crippen molar-refractivity contribution < 1.29 is 37.6 Å². The Hall–Kier alpha value is -2.55. The zero-order valence-electron chi connectivity index (χ0n) is 44.5. The van der Waals surface area contributed by atoms with Gasteiger partial charge >= 0.3 is 19.8 Å². The molecule has 0 heterocycles. The van der Waals surface area contributed by atoms with Crippen molar-refractivity contribution >= 4 is 19.8 Å². The molecule has 0 aromatic carbocycles. The smallest absolute Gasteiger partial charge is 0.462 e. The van der Waals surface area contributed by atoms with Crippen LogP contribution in [0, 0.1) is 0 Å². The Morgan fingerprint density at radius 1 is 0.449 bits per heavy atom. The summed E-state index contributed by atoms with van der Waals surface area (Å²) in [5, 5.41) is 0. The number of phosphoric ester groups is 1. The molecule has 0 amide bonds. The Labute approximate surface area is 424 Å². The minimum atomic E-state index is -4.39. The molecule has 3 N–H and O–H groups in total. The van der Waals surface area contributed by atoms with Crippen LogP contribution in [0.4, 0.5) is 0 Å². The summed E-state index contributed by atoms with van der Waals surface area (Å²) in [4.78, 5) is 35.2. The van der Waals surface area contributed by atoms with Crippen LogP contribution in [0.25, 0.3) is 0 Å². The molecule has 0 saturated carbocycles. The lowest BCUT2D eigenvalue weighted by atomic mass is 10.0. The average Bonchev–Trinajstić information content (AvgIpc) is 3.34. The monoisotopic (exact) mass is 988 g/mol. The molecule has 0 aliphatic rings. The van der Waals surface area contributed by atoms with Crippen LogP contribution in [0.1, 0.15) is 258 Å². The fraction of sp³-hybridized carbons (Fsp3) is 0.763. The van der Waals surface area contributed by atoms with Crippen LogP contribution in [0.5, 0.6) is 0 Å². The van der Waals surface area contributed by atoms with Gasteiger partial charge in [0.15, 0.2) is 6.10 Å². The summed E-state index contributed by atoms with van der Waals surface area (Å²) >= 11 is 0. The molecule has 9 nitrogen and oxygen atoms in total.